The molecule has 0 saturated heterocycles. The maximum Gasteiger partial charge on any atom is 0.396 e. The second kappa shape index (κ2) is 8.76. The molecule has 0 aliphatic heterocycles. The van der Waals surface area contributed by atoms with Gasteiger partial charge in [0.25, 0.3) is 0 Å². The van der Waals surface area contributed by atoms with Gasteiger partial charge in [0.15, 0.2) is 0 Å². The minimum atomic E-state index is -5.31. The molecule has 0 atom stereocenters. The summed E-state index contributed by atoms with van der Waals surface area (Å²) >= 11 is 0. The second-order valence-corrected chi connectivity index (χ2v) is 7.11. The summed E-state index contributed by atoms with van der Waals surface area (Å²) in [7, 11) is 0. The van der Waals surface area contributed by atoms with Gasteiger partial charge in [0, 0.05) is 24.5 Å². The first-order chi connectivity index (χ1) is 13.9. The molecule has 2 aromatic heterocycles. The van der Waals surface area contributed by atoms with Crippen LogP contribution in [0.4, 0.5) is 28.9 Å². The molecule has 10 heteroatoms. The zero-order valence-corrected chi connectivity index (χ0v) is 16.9. The third-order valence-electron chi connectivity index (χ3n) is 4.25. The highest BCUT2D eigenvalue weighted by Gasteiger charge is 2.69. The van der Waals surface area contributed by atoms with Crippen LogP contribution in [0.1, 0.15) is 27.7 Å². The fraction of sp³-hybridized carbons (Fsp3) is 0.400. The highest BCUT2D eigenvalue weighted by molar-refractivity contribution is 6.07. The van der Waals surface area contributed by atoms with Gasteiger partial charge in [-0.3, -0.25) is 19.6 Å². The Hall–Kier alpha value is -3.04. The van der Waals surface area contributed by atoms with Crippen LogP contribution in [0.15, 0.2) is 49.1 Å². The molecule has 0 spiro atoms. The number of carbonyl (C=O) groups excluding carboxylic acids is 2. The Labute approximate surface area is 171 Å². The lowest BCUT2D eigenvalue weighted by molar-refractivity contribution is -0.208. The number of pyridine rings is 2. The predicted molar refractivity (Wildman–Crippen MR) is 104 cm³/mol. The molecule has 0 saturated carbocycles. The van der Waals surface area contributed by atoms with E-state index in [0.29, 0.717) is 9.80 Å². The van der Waals surface area contributed by atoms with Crippen LogP contribution in [0.2, 0.25) is 0 Å². The van der Waals surface area contributed by atoms with E-state index in [1.807, 2.05) is 0 Å². The second-order valence-electron chi connectivity index (χ2n) is 7.11. The van der Waals surface area contributed by atoms with Crippen molar-refractivity contribution in [3.8, 4) is 0 Å². The standard InChI is InChI=1S/C20H22F4N4O2/c1-13(2)27(15-7-5-9-25-11-15)17(29)19(21,22)20(23,24)18(30)28(14(3)4)16-8-6-10-26-12-16/h5-14H,1-4H3. The van der Waals surface area contributed by atoms with Crippen molar-refractivity contribution >= 4 is 23.2 Å². The summed E-state index contributed by atoms with van der Waals surface area (Å²) < 4.78 is 59.4. The molecule has 0 aliphatic carbocycles. The first-order valence-corrected chi connectivity index (χ1v) is 9.16. The Balaban J connectivity index is 2.47. The fourth-order valence-corrected chi connectivity index (χ4v) is 2.86. The van der Waals surface area contributed by atoms with Crippen molar-refractivity contribution < 1.29 is 27.2 Å². The number of aromatic nitrogens is 2. The van der Waals surface area contributed by atoms with Crippen molar-refractivity contribution in [3.05, 3.63) is 49.1 Å². The molecule has 0 unspecified atom stereocenters. The number of carbonyl (C=O) groups is 2. The number of hydrogen-bond donors (Lipinski definition) is 0. The van der Waals surface area contributed by atoms with Crippen LogP contribution in [0.25, 0.3) is 0 Å². The number of hydrogen-bond acceptors (Lipinski definition) is 4. The zero-order valence-electron chi connectivity index (χ0n) is 16.9. The number of rotatable bonds is 7. The smallest absolute Gasteiger partial charge is 0.303 e. The lowest BCUT2D eigenvalue weighted by Crippen LogP contribution is -2.62. The normalized spacial score (nSPS) is 12.2. The Morgan fingerprint density at radius 2 is 1.10 bits per heavy atom. The van der Waals surface area contributed by atoms with E-state index in [9.17, 15) is 27.2 Å². The Morgan fingerprint density at radius 3 is 1.33 bits per heavy atom. The third kappa shape index (κ3) is 4.27. The predicted octanol–water partition coefficient (Wildman–Crippen LogP) is 3.93. The molecule has 2 aromatic rings. The van der Waals surface area contributed by atoms with Crippen LogP contribution in [0.3, 0.4) is 0 Å². The SMILES string of the molecule is CC(C)N(C(=O)C(F)(F)C(F)(F)C(=O)N(c1cccnc1)C(C)C)c1cccnc1. The molecular weight excluding hydrogens is 404 g/mol. The first kappa shape index (κ1) is 23.2. The van der Waals surface area contributed by atoms with Gasteiger partial charge in [0.05, 0.1) is 23.8 Å². The highest BCUT2D eigenvalue weighted by Crippen LogP contribution is 2.40. The molecule has 0 aromatic carbocycles. The fourth-order valence-electron chi connectivity index (χ4n) is 2.86. The van der Waals surface area contributed by atoms with Crippen molar-refractivity contribution in [2.24, 2.45) is 0 Å². The van der Waals surface area contributed by atoms with Crippen LogP contribution in [0.5, 0.6) is 0 Å². The monoisotopic (exact) mass is 426 g/mol. The van der Waals surface area contributed by atoms with Gasteiger partial charge in [-0.2, -0.15) is 17.6 Å². The summed E-state index contributed by atoms with van der Waals surface area (Å²) in [6, 6.07) is 3.55. The molecule has 0 bridgehead atoms. The van der Waals surface area contributed by atoms with Crippen LogP contribution < -0.4 is 9.80 Å². The van der Waals surface area contributed by atoms with Gasteiger partial charge in [-0.15, -0.1) is 0 Å². The average Bonchev–Trinajstić information content (AvgIpc) is 2.69. The molecular formula is C20H22F4N4O2. The van der Waals surface area contributed by atoms with E-state index in [0.717, 1.165) is 12.4 Å². The molecule has 0 fully saturated rings. The summed E-state index contributed by atoms with van der Waals surface area (Å²) in [5, 5.41) is 0. The van der Waals surface area contributed by atoms with Gasteiger partial charge >= 0.3 is 23.7 Å². The topological polar surface area (TPSA) is 66.4 Å². The van der Waals surface area contributed by atoms with Crippen molar-refractivity contribution in [2.75, 3.05) is 9.80 Å². The summed E-state index contributed by atoms with van der Waals surface area (Å²) in [6.07, 6.45) is 4.89. The average molecular weight is 426 g/mol. The molecule has 30 heavy (non-hydrogen) atoms. The van der Waals surface area contributed by atoms with E-state index >= 15 is 0 Å². The van der Waals surface area contributed by atoms with E-state index < -0.39 is 35.7 Å². The van der Waals surface area contributed by atoms with Crippen molar-refractivity contribution in [1.29, 1.82) is 0 Å². The van der Waals surface area contributed by atoms with Gasteiger partial charge < -0.3 is 9.80 Å². The van der Waals surface area contributed by atoms with Crippen LogP contribution in [-0.2, 0) is 9.59 Å². The highest BCUT2D eigenvalue weighted by atomic mass is 19.3. The number of anilines is 2. The number of halogens is 4. The van der Waals surface area contributed by atoms with Crippen LogP contribution >= 0.6 is 0 Å². The minimum Gasteiger partial charge on any atom is -0.303 e. The molecule has 2 heterocycles. The van der Waals surface area contributed by atoms with E-state index in [1.54, 1.807) is 0 Å². The van der Waals surface area contributed by atoms with Gasteiger partial charge in [-0.25, -0.2) is 0 Å². The van der Waals surface area contributed by atoms with Crippen molar-refractivity contribution in [2.45, 2.75) is 51.6 Å². The molecule has 6 nitrogen and oxygen atoms in total. The van der Waals surface area contributed by atoms with Crippen molar-refractivity contribution in [3.63, 3.8) is 0 Å². The quantitative estimate of drug-likeness (QED) is 0.630. The summed E-state index contributed by atoms with van der Waals surface area (Å²) in [6.45, 7) is 5.54. The van der Waals surface area contributed by atoms with E-state index in [4.69, 9.17) is 0 Å². The summed E-state index contributed by atoms with van der Waals surface area (Å²) in [4.78, 5) is 33.6. The van der Waals surface area contributed by atoms with Crippen molar-refractivity contribution in [1.82, 2.24) is 9.97 Å². The van der Waals surface area contributed by atoms with Crippen LogP contribution in [0, 0.1) is 0 Å². The van der Waals surface area contributed by atoms with Gasteiger partial charge in [-0.05, 0) is 52.0 Å². The summed E-state index contributed by atoms with van der Waals surface area (Å²) in [5.74, 6) is -15.0. The lowest BCUT2D eigenvalue weighted by atomic mass is 10.1. The lowest BCUT2D eigenvalue weighted by Gasteiger charge is -2.36. The zero-order chi connectivity index (χ0) is 22.7. The van der Waals surface area contributed by atoms with E-state index in [-0.39, 0.29) is 11.4 Å². The number of nitrogens with zero attached hydrogens (tertiary/aromatic N) is 4. The summed E-state index contributed by atoms with van der Waals surface area (Å²) in [5.41, 5.74) is -0.179. The molecule has 0 aliphatic rings. The first-order valence-electron chi connectivity index (χ1n) is 9.16. The Bertz CT molecular complexity index is 803. The maximum atomic E-state index is 14.9. The number of amides is 2. The van der Waals surface area contributed by atoms with Crippen LogP contribution in [-0.4, -0.2) is 45.7 Å². The minimum absolute atomic E-state index is 0.0894. The molecule has 162 valence electrons. The molecule has 2 rings (SSSR count). The molecule has 2 amide bonds. The van der Waals surface area contributed by atoms with Gasteiger partial charge in [-0.1, -0.05) is 0 Å². The largest absolute Gasteiger partial charge is 0.396 e. The van der Waals surface area contributed by atoms with Gasteiger partial charge in [0.1, 0.15) is 0 Å². The maximum absolute atomic E-state index is 14.9. The molecule has 0 radical (unpaired) electrons. The number of alkyl halides is 4. The Kier molecular flexibility index (Phi) is 6.79. The van der Waals surface area contributed by atoms with E-state index in [2.05, 4.69) is 9.97 Å². The van der Waals surface area contributed by atoms with Gasteiger partial charge in [0.2, 0.25) is 0 Å². The van der Waals surface area contributed by atoms with E-state index in [1.165, 1.54) is 64.4 Å². The molecule has 0 N–H and O–H groups in total. The Morgan fingerprint density at radius 1 is 0.767 bits per heavy atom. The third-order valence-corrected chi connectivity index (χ3v) is 4.25.